The first-order valence-corrected chi connectivity index (χ1v) is 21.3. The number of Topliss-reactive ketones (excluding diaryl/α,β-unsaturated/α-hetero) is 1. The zero-order valence-corrected chi connectivity index (χ0v) is 47.4. The van der Waals surface area contributed by atoms with Crippen LogP contribution in [0.4, 0.5) is 0 Å². The van der Waals surface area contributed by atoms with Gasteiger partial charge >= 0.3 is 23.9 Å². The maximum atomic E-state index is 10.8. The molecule has 0 aromatic heterocycles. The first-order valence-electron chi connectivity index (χ1n) is 21.3. The summed E-state index contributed by atoms with van der Waals surface area (Å²) in [4.78, 5) is 75.5. The quantitative estimate of drug-likeness (QED) is 0.0278. The molecule has 1 amide bonds. The summed E-state index contributed by atoms with van der Waals surface area (Å²) in [5.74, 6) is 1.21. The highest BCUT2D eigenvalue weighted by Crippen LogP contribution is 2.16. The molecule has 0 atom stereocenters. The summed E-state index contributed by atoms with van der Waals surface area (Å²) < 4.78 is 13.3. The largest absolute Gasteiger partial charge is 0.469 e. The molecule has 14 heteroatoms. The number of allylic oxidation sites excluding steroid dienone is 1. The Morgan fingerprint density at radius 2 is 0.785 bits per heavy atom. The fourth-order valence-corrected chi connectivity index (χ4v) is 1.03. The van der Waals surface area contributed by atoms with E-state index in [1.54, 1.807) is 48.5 Å². The molecule has 0 aromatic rings. The molecule has 0 heterocycles. The Balaban J connectivity index is -0.0000000779. The minimum atomic E-state index is -0.592. The third-order valence-electron chi connectivity index (χ3n) is 5.98. The molecule has 0 rings (SSSR count). The van der Waals surface area contributed by atoms with Crippen LogP contribution in [0.3, 0.4) is 0 Å². The monoisotopic (exact) mass is 929 g/mol. The van der Waals surface area contributed by atoms with Gasteiger partial charge < -0.3 is 24.7 Å². The number of carbonyl (C=O) groups excluding carboxylic acids is 7. The number of ketones is 1. The Kier molecular flexibility index (Phi) is 44.4. The van der Waals surface area contributed by atoms with Gasteiger partial charge in [0.05, 0.1) is 30.5 Å². The Labute approximate surface area is 398 Å². The molecular weight excluding hydrogens is 829 g/mol. The highest BCUT2D eigenvalue weighted by molar-refractivity contribution is 5.87. The maximum Gasteiger partial charge on any atom is 0.318 e. The molecule has 0 unspecified atom stereocenters. The van der Waals surface area contributed by atoms with E-state index in [9.17, 15) is 33.6 Å². The molecule has 0 saturated carbocycles. The second-order valence-electron chi connectivity index (χ2n) is 23.8. The van der Waals surface area contributed by atoms with Gasteiger partial charge in [-0.25, -0.2) is 0 Å². The lowest BCUT2D eigenvalue weighted by Crippen LogP contribution is -2.27. The predicted molar refractivity (Wildman–Crippen MR) is 270 cm³/mol. The van der Waals surface area contributed by atoms with Crippen LogP contribution in [0.25, 0.3) is 10.4 Å². The second kappa shape index (κ2) is 35.7. The van der Waals surface area contributed by atoms with Gasteiger partial charge in [0, 0.05) is 39.0 Å². The summed E-state index contributed by atoms with van der Waals surface area (Å²) in [5, 5.41) is 3.44. The van der Waals surface area contributed by atoms with E-state index in [0.29, 0.717) is 5.41 Å². The number of hydrogen-bond acceptors (Lipinski definition) is 11. The zero-order chi connectivity index (χ0) is 55.6. The van der Waals surface area contributed by atoms with Crippen molar-refractivity contribution < 1.29 is 47.8 Å². The van der Waals surface area contributed by atoms with Crippen molar-refractivity contribution in [1.82, 2.24) is 0 Å². The number of rotatable bonds is 0. The Hall–Kier alpha value is -4.50. The fourth-order valence-electron chi connectivity index (χ4n) is 1.03. The molecule has 0 bridgehead atoms. The van der Waals surface area contributed by atoms with Crippen molar-refractivity contribution in [2.45, 2.75) is 206 Å². The molecule has 384 valence electrons. The van der Waals surface area contributed by atoms with Gasteiger partial charge in [-0.2, -0.15) is 0 Å². The molecule has 0 saturated heterocycles. The maximum absolute atomic E-state index is 10.8. The summed E-state index contributed by atoms with van der Waals surface area (Å²) in [6.45, 7) is 57.1. The zero-order valence-electron chi connectivity index (χ0n) is 47.4. The van der Waals surface area contributed by atoms with Gasteiger partial charge in [-0.3, -0.25) is 28.8 Å². The molecular formula is C51H100N4O10. The summed E-state index contributed by atoms with van der Waals surface area (Å²) in [6.07, 6.45) is 7.93. The van der Waals surface area contributed by atoms with Crippen LogP contribution in [0.5, 0.6) is 0 Å². The topological polar surface area (TPSA) is 222 Å². The van der Waals surface area contributed by atoms with E-state index < -0.39 is 17.4 Å². The van der Waals surface area contributed by atoms with Crippen LogP contribution in [-0.4, -0.2) is 61.6 Å². The van der Waals surface area contributed by atoms with Gasteiger partial charge in [-0.1, -0.05) is 115 Å². The second-order valence-corrected chi connectivity index (χ2v) is 23.8. The first-order chi connectivity index (χ1) is 27.9. The number of aldehydes is 1. The summed E-state index contributed by atoms with van der Waals surface area (Å²) in [7, 11) is 2.79. The molecule has 14 nitrogen and oxygen atoms in total. The number of methoxy groups -OCH3 is 2. The number of azide groups is 1. The molecule has 0 radical (unpaired) electrons. The van der Waals surface area contributed by atoms with Crippen molar-refractivity contribution in [2.24, 2.45) is 54.2 Å². The summed E-state index contributed by atoms with van der Waals surface area (Å²) >= 11 is 0. The summed E-state index contributed by atoms with van der Waals surface area (Å²) in [5.41, 5.74) is 11.0. The van der Waals surface area contributed by atoms with E-state index in [1.165, 1.54) is 21.1 Å². The number of carbonyl (C=O) groups is 7. The Morgan fingerprint density at radius 1 is 0.569 bits per heavy atom. The van der Waals surface area contributed by atoms with E-state index in [4.69, 9.17) is 17.7 Å². The molecule has 0 spiro atoms. The lowest BCUT2D eigenvalue weighted by molar-refractivity contribution is -0.164. The lowest BCUT2D eigenvalue weighted by atomic mass is 9.92. The van der Waals surface area contributed by atoms with Crippen molar-refractivity contribution >= 4 is 41.9 Å². The van der Waals surface area contributed by atoms with Crippen molar-refractivity contribution in [3.05, 3.63) is 23.1 Å². The third-order valence-corrected chi connectivity index (χ3v) is 5.98. The Bertz CT molecular complexity index is 1380. The molecule has 0 aliphatic rings. The third kappa shape index (κ3) is 91.0. The molecule has 0 aliphatic carbocycles. The van der Waals surface area contributed by atoms with Crippen molar-refractivity contribution in [3.8, 4) is 12.3 Å². The SMILES string of the molecule is C#CC(C)(C)C.C=CC(C)(C)C.CC(=O)C(C)(C)C.CC(=O)OC(=O)C(C)(C)C.CC(C)(C)C(N)=O.CC(C)(C)C=O.CC(C)(C)N=[N+]=[N-].COC(=O)C(C)(C)C.COC(=O)C(C)(C)C. The number of esters is 4. The van der Waals surface area contributed by atoms with Crippen LogP contribution in [0.15, 0.2) is 17.8 Å². The van der Waals surface area contributed by atoms with Crippen LogP contribution in [0.1, 0.15) is 201 Å². The van der Waals surface area contributed by atoms with E-state index >= 15 is 0 Å². The molecule has 0 aromatic carbocycles. The predicted octanol–water partition coefficient (Wildman–Crippen LogP) is 12.9. The van der Waals surface area contributed by atoms with E-state index in [-0.39, 0.29) is 61.7 Å². The number of nitrogens with two attached hydrogens (primary N) is 1. The number of amides is 1. The van der Waals surface area contributed by atoms with Crippen LogP contribution in [-0.2, 0) is 47.8 Å². The van der Waals surface area contributed by atoms with Crippen LogP contribution >= 0.6 is 0 Å². The van der Waals surface area contributed by atoms with Crippen molar-refractivity contribution in [3.63, 3.8) is 0 Å². The number of hydrogen-bond donors (Lipinski definition) is 1. The van der Waals surface area contributed by atoms with Crippen molar-refractivity contribution in [1.29, 1.82) is 0 Å². The number of terminal acetylenes is 1. The molecule has 2 N–H and O–H groups in total. The van der Waals surface area contributed by atoms with Crippen LogP contribution in [0, 0.1) is 55.7 Å². The number of nitrogens with zero attached hydrogens (tertiary/aromatic N) is 3. The average molecular weight is 929 g/mol. The summed E-state index contributed by atoms with van der Waals surface area (Å²) in [6, 6.07) is 0. The van der Waals surface area contributed by atoms with Crippen LogP contribution < -0.4 is 5.73 Å². The minimum absolute atomic E-state index is 0.0694. The number of primary amides is 1. The lowest BCUT2D eigenvalue weighted by Gasteiger charge is -2.13. The van der Waals surface area contributed by atoms with Gasteiger partial charge in [-0.05, 0) is 101 Å². The van der Waals surface area contributed by atoms with E-state index in [1.807, 2.05) is 131 Å². The van der Waals surface area contributed by atoms with Gasteiger partial charge in [0.1, 0.15) is 12.1 Å². The van der Waals surface area contributed by atoms with Crippen molar-refractivity contribution in [2.75, 3.05) is 14.2 Å². The molecule has 0 fully saturated rings. The standard InChI is InChI=1S/C7H12O3.2C6H12O2.C6H12O.C6H12.C6H10.C5H11NO.C5H10O.C4H9N3/c1-5(8)10-6(9)7(2,3)4;2*1-6(2,3)5(7)8-4;1-5(7)6(2,3)4;2*1-5-6(2,3)4;1-5(2,3)4(6)7;1-5(2,3)4-6;1-4(2,3)6-7-5/h1-4H3;2*1-4H3;1-4H3;5H,1H2,2-4H3;1H,2-4H3;1-3H3,(H2,6,7);4H,1-3H3;1-3H3. The Morgan fingerprint density at radius 3 is 0.800 bits per heavy atom. The fraction of sp³-hybridized carbons (Fsp3) is 0.784. The van der Waals surface area contributed by atoms with Crippen LogP contribution in [0.2, 0.25) is 0 Å². The van der Waals surface area contributed by atoms with Gasteiger partial charge in [-0.15, -0.1) is 18.9 Å². The number of ether oxygens (including phenoxy) is 3. The van der Waals surface area contributed by atoms with Gasteiger partial charge in [0.2, 0.25) is 5.91 Å². The average Bonchev–Trinajstić information content (AvgIpc) is 3.06. The highest BCUT2D eigenvalue weighted by atomic mass is 16.6. The van der Waals surface area contributed by atoms with E-state index in [0.717, 1.165) is 6.29 Å². The normalized spacial score (nSPS) is 10.9. The molecule has 0 aliphatic heterocycles. The first kappa shape index (κ1) is 80.8. The van der Waals surface area contributed by atoms with E-state index in [2.05, 4.69) is 57.5 Å². The highest BCUT2D eigenvalue weighted by Gasteiger charge is 2.24. The molecule has 65 heavy (non-hydrogen) atoms. The van der Waals surface area contributed by atoms with Gasteiger partial charge in [0.15, 0.2) is 0 Å². The van der Waals surface area contributed by atoms with Gasteiger partial charge in [0.25, 0.3) is 0 Å². The smallest absolute Gasteiger partial charge is 0.318 e. The minimum Gasteiger partial charge on any atom is -0.469 e.